The van der Waals surface area contributed by atoms with Gasteiger partial charge in [-0.1, -0.05) is 54.6 Å². The summed E-state index contributed by atoms with van der Waals surface area (Å²) in [5.41, 5.74) is 3.26. The number of carbonyl (C=O) groups excluding carboxylic acids is 3. The van der Waals surface area contributed by atoms with Crippen LogP contribution < -0.4 is 5.32 Å². The number of ketones is 2. The maximum Gasteiger partial charge on any atom is 0.228 e. The van der Waals surface area contributed by atoms with Gasteiger partial charge < -0.3 is 5.32 Å². The normalized spacial score (nSPS) is 12.4. The van der Waals surface area contributed by atoms with E-state index in [0.717, 1.165) is 5.56 Å². The van der Waals surface area contributed by atoms with Crippen LogP contribution in [0.1, 0.15) is 43.0 Å². The first-order valence-corrected chi connectivity index (χ1v) is 9.62. The van der Waals surface area contributed by atoms with Gasteiger partial charge in [-0.3, -0.25) is 14.4 Å². The van der Waals surface area contributed by atoms with Crippen LogP contribution in [0.15, 0.2) is 65.1 Å². The highest BCUT2D eigenvalue weighted by molar-refractivity contribution is 9.10. The quantitative estimate of drug-likeness (QED) is 0.508. The molecular weight excluding hydrogens is 418 g/mol. The summed E-state index contributed by atoms with van der Waals surface area (Å²) in [5.74, 6) is -0.724. The number of benzene rings is 3. The summed E-state index contributed by atoms with van der Waals surface area (Å²) in [7, 11) is 0. The maximum absolute atomic E-state index is 13.2. The van der Waals surface area contributed by atoms with Gasteiger partial charge in [0, 0.05) is 15.6 Å². The first kappa shape index (κ1) is 18.3. The van der Waals surface area contributed by atoms with Crippen molar-refractivity contribution in [2.24, 2.45) is 0 Å². The molecule has 4 nitrogen and oxygen atoms in total. The third kappa shape index (κ3) is 3.08. The molecule has 0 atom stereocenters. The number of nitrogens with one attached hydrogen (secondary N) is 1. The molecule has 1 aliphatic carbocycles. The highest BCUT2D eigenvalue weighted by Gasteiger charge is 2.34. The molecule has 3 aromatic rings. The van der Waals surface area contributed by atoms with Gasteiger partial charge in [-0.2, -0.15) is 0 Å². The van der Waals surface area contributed by atoms with Gasteiger partial charge in [0.15, 0.2) is 11.6 Å². The summed E-state index contributed by atoms with van der Waals surface area (Å²) in [4.78, 5) is 38.8. The average molecular weight is 434 g/mol. The molecule has 0 aromatic heterocycles. The van der Waals surface area contributed by atoms with Crippen LogP contribution in [-0.4, -0.2) is 17.5 Å². The molecular formula is C23H16BrNO3. The minimum atomic E-state index is -0.260. The molecule has 3 aromatic carbocycles. The molecule has 0 bridgehead atoms. The van der Waals surface area contributed by atoms with Crippen LogP contribution in [0.4, 0.5) is 5.69 Å². The molecule has 1 amide bonds. The van der Waals surface area contributed by atoms with Crippen molar-refractivity contribution in [3.8, 4) is 0 Å². The van der Waals surface area contributed by atoms with Crippen LogP contribution in [0.2, 0.25) is 0 Å². The minimum absolute atomic E-state index is 0.184. The largest absolute Gasteiger partial charge is 0.325 e. The SMILES string of the molecule is Cc1cc(Br)c2c(c1NC(=O)Cc1ccccc1)C(=O)c1ccccc1C2=O. The number of carbonyl (C=O) groups is 3. The van der Waals surface area contributed by atoms with Crippen LogP contribution in [0.25, 0.3) is 0 Å². The Hall–Kier alpha value is -3.05. The van der Waals surface area contributed by atoms with Crippen molar-refractivity contribution in [1.82, 2.24) is 0 Å². The molecule has 28 heavy (non-hydrogen) atoms. The van der Waals surface area contributed by atoms with Crippen molar-refractivity contribution in [1.29, 1.82) is 0 Å². The topological polar surface area (TPSA) is 63.2 Å². The summed E-state index contributed by atoms with van der Waals surface area (Å²) < 4.78 is 0.550. The number of hydrogen-bond donors (Lipinski definition) is 1. The lowest BCUT2D eigenvalue weighted by Crippen LogP contribution is -2.25. The summed E-state index contributed by atoms with van der Waals surface area (Å²) in [6.07, 6.45) is 0.184. The first-order valence-electron chi connectivity index (χ1n) is 8.82. The molecule has 0 unspecified atom stereocenters. The average Bonchev–Trinajstić information content (AvgIpc) is 2.69. The molecule has 0 radical (unpaired) electrons. The number of halogens is 1. The molecule has 0 fully saturated rings. The van der Waals surface area contributed by atoms with Crippen molar-refractivity contribution >= 4 is 39.1 Å². The van der Waals surface area contributed by atoms with E-state index in [2.05, 4.69) is 21.2 Å². The summed E-state index contributed by atoms with van der Waals surface area (Å²) in [5, 5.41) is 2.86. The maximum atomic E-state index is 13.2. The van der Waals surface area contributed by atoms with Crippen molar-refractivity contribution in [3.63, 3.8) is 0 Å². The number of fused-ring (bicyclic) bond motifs is 2. The van der Waals surface area contributed by atoms with Crippen molar-refractivity contribution in [3.05, 3.63) is 98.5 Å². The number of amides is 1. The molecule has 5 heteroatoms. The molecule has 0 aliphatic heterocycles. The lowest BCUT2D eigenvalue weighted by atomic mass is 9.82. The Bertz CT molecular complexity index is 1140. The molecule has 0 spiro atoms. The Kier molecular flexibility index (Phi) is 4.69. The molecule has 0 heterocycles. The van der Waals surface area contributed by atoms with Crippen LogP contribution in [0.5, 0.6) is 0 Å². The van der Waals surface area contributed by atoms with E-state index in [1.54, 1.807) is 37.3 Å². The van der Waals surface area contributed by atoms with Crippen molar-refractivity contribution in [2.45, 2.75) is 13.3 Å². The van der Waals surface area contributed by atoms with Gasteiger partial charge in [0.1, 0.15) is 0 Å². The third-order valence-corrected chi connectivity index (χ3v) is 5.44. The number of hydrogen-bond acceptors (Lipinski definition) is 3. The van der Waals surface area contributed by atoms with Crippen LogP contribution in [-0.2, 0) is 11.2 Å². The lowest BCUT2D eigenvalue weighted by molar-refractivity contribution is -0.115. The van der Waals surface area contributed by atoms with Crippen molar-refractivity contribution in [2.75, 3.05) is 5.32 Å². The fraction of sp³-hybridized carbons (Fsp3) is 0.0870. The molecule has 1 aliphatic rings. The van der Waals surface area contributed by atoms with Gasteiger partial charge in [0.2, 0.25) is 5.91 Å². The standard InChI is InChI=1S/C23H16BrNO3/c1-13-11-17(24)19-20(23(28)16-10-6-5-9-15(16)22(19)27)21(13)25-18(26)12-14-7-3-2-4-8-14/h2-11H,12H2,1H3,(H,25,26). The summed E-state index contributed by atoms with van der Waals surface area (Å²) in [6.45, 7) is 1.81. The Balaban J connectivity index is 1.78. The second kappa shape index (κ2) is 7.17. The van der Waals surface area contributed by atoms with E-state index in [9.17, 15) is 14.4 Å². The fourth-order valence-electron chi connectivity index (χ4n) is 3.50. The summed E-state index contributed by atoms with van der Waals surface area (Å²) >= 11 is 3.42. The molecule has 0 saturated carbocycles. The van der Waals surface area contributed by atoms with E-state index in [1.165, 1.54) is 0 Å². The highest BCUT2D eigenvalue weighted by atomic mass is 79.9. The zero-order chi connectivity index (χ0) is 19.8. The number of rotatable bonds is 3. The zero-order valence-electron chi connectivity index (χ0n) is 15.1. The van der Waals surface area contributed by atoms with E-state index >= 15 is 0 Å². The highest BCUT2D eigenvalue weighted by Crippen LogP contribution is 2.38. The predicted molar refractivity (Wildman–Crippen MR) is 111 cm³/mol. The van der Waals surface area contributed by atoms with E-state index < -0.39 is 0 Å². The second-order valence-electron chi connectivity index (χ2n) is 6.71. The van der Waals surface area contributed by atoms with E-state index in [4.69, 9.17) is 0 Å². The number of anilines is 1. The van der Waals surface area contributed by atoms with E-state index in [-0.39, 0.29) is 29.5 Å². The molecule has 0 saturated heterocycles. The molecule has 138 valence electrons. The second-order valence-corrected chi connectivity index (χ2v) is 7.57. The smallest absolute Gasteiger partial charge is 0.228 e. The number of aryl methyl sites for hydroxylation is 1. The van der Waals surface area contributed by atoms with Gasteiger partial charge in [-0.15, -0.1) is 0 Å². The van der Waals surface area contributed by atoms with E-state index in [1.807, 2.05) is 30.3 Å². The minimum Gasteiger partial charge on any atom is -0.325 e. The molecule has 4 rings (SSSR count). The molecule has 1 N–H and O–H groups in total. The zero-order valence-corrected chi connectivity index (χ0v) is 16.7. The Morgan fingerprint density at radius 3 is 2.11 bits per heavy atom. The Morgan fingerprint density at radius 1 is 0.893 bits per heavy atom. The fourth-order valence-corrected chi connectivity index (χ4v) is 4.22. The van der Waals surface area contributed by atoms with Crippen LogP contribution in [0, 0.1) is 6.92 Å². The Labute approximate surface area is 170 Å². The predicted octanol–water partition coefficient (Wildman–Crippen LogP) is 4.71. The van der Waals surface area contributed by atoms with Gasteiger partial charge in [0.25, 0.3) is 0 Å². The van der Waals surface area contributed by atoms with Crippen molar-refractivity contribution < 1.29 is 14.4 Å². The van der Waals surface area contributed by atoms with Gasteiger partial charge in [-0.25, -0.2) is 0 Å². The lowest BCUT2D eigenvalue weighted by Gasteiger charge is -2.23. The third-order valence-electron chi connectivity index (χ3n) is 4.82. The first-order chi connectivity index (χ1) is 13.5. The van der Waals surface area contributed by atoms with Gasteiger partial charge in [0.05, 0.1) is 23.2 Å². The summed E-state index contributed by atoms with van der Waals surface area (Å²) in [6, 6.07) is 17.9. The monoisotopic (exact) mass is 433 g/mol. The Morgan fingerprint density at radius 2 is 1.46 bits per heavy atom. The van der Waals surface area contributed by atoms with Crippen LogP contribution >= 0.6 is 15.9 Å². The van der Waals surface area contributed by atoms with Gasteiger partial charge in [-0.05, 0) is 40.0 Å². The van der Waals surface area contributed by atoms with Crippen LogP contribution in [0.3, 0.4) is 0 Å². The van der Waals surface area contributed by atoms with E-state index in [0.29, 0.717) is 32.4 Å². The van der Waals surface area contributed by atoms with Gasteiger partial charge >= 0.3 is 0 Å².